The molecule has 1 aromatic rings. The van der Waals surface area contributed by atoms with Crippen LogP contribution in [0.4, 0.5) is 0 Å². The molecule has 7 nitrogen and oxygen atoms in total. The number of hydrogen-bond donors (Lipinski definition) is 0. The van der Waals surface area contributed by atoms with Crippen molar-refractivity contribution in [1.29, 1.82) is 0 Å². The van der Waals surface area contributed by atoms with Crippen molar-refractivity contribution in [2.45, 2.75) is 43.7 Å². The van der Waals surface area contributed by atoms with E-state index in [0.29, 0.717) is 0 Å². The molecule has 0 spiro atoms. The third kappa shape index (κ3) is 3.83. The normalized spacial score (nSPS) is 27.8. The van der Waals surface area contributed by atoms with E-state index < -0.39 is 41.8 Å². The zero-order valence-corrected chi connectivity index (χ0v) is 17.2. The predicted molar refractivity (Wildman–Crippen MR) is 99.1 cm³/mol. The molecule has 10 heteroatoms. The van der Waals surface area contributed by atoms with Gasteiger partial charge in [0.25, 0.3) is 0 Å². The van der Waals surface area contributed by atoms with E-state index in [1.807, 2.05) is 6.92 Å². The average molecular weight is 422 g/mol. The fourth-order valence-electron chi connectivity index (χ4n) is 3.64. The highest BCUT2D eigenvalue weighted by molar-refractivity contribution is 7.92. The van der Waals surface area contributed by atoms with E-state index in [4.69, 9.17) is 0 Å². The molecule has 0 radical (unpaired) electrons. The van der Waals surface area contributed by atoms with E-state index in [0.717, 1.165) is 11.1 Å². The summed E-state index contributed by atoms with van der Waals surface area (Å²) < 4.78 is 75.5. The zero-order chi connectivity index (χ0) is 19.3. The van der Waals surface area contributed by atoms with Crippen LogP contribution in [-0.2, 0) is 29.7 Å². The first kappa shape index (κ1) is 19.8. The fraction of sp³-hybridized carbons (Fsp3) is 0.625. The molecule has 2 saturated heterocycles. The Labute approximate surface area is 155 Å². The molecular formula is C16H23NO6S3. The van der Waals surface area contributed by atoms with Gasteiger partial charge in [0, 0.05) is 12.1 Å². The Bertz CT molecular complexity index is 984. The van der Waals surface area contributed by atoms with Gasteiger partial charge in [-0.2, -0.15) is 4.31 Å². The Morgan fingerprint density at radius 2 is 1.38 bits per heavy atom. The molecule has 0 bridgehead atoms. The third-order valence-electron chi connectivity index (χ3n) is 5.19. The monoisotopic (exact) mass is 421 g/mol. The van der Waals surface area contributed by atoms with Gasteiger partial charge in [-0.3, -0.25) is 0 Å². The number of benzene rings is 1. The predicted octanol–water partition coefficient (Wildman–Crippen LogP) is 0.668. The van der Waals surface area contributed by atoms with Crippen LogP contribution in [0.15, 0.2) is 23.1 Å². The average Bonchev–Trinajstić information content (AvgIpc) is 3.04. The smallest absolute Gasteiger partial charge is 0.229 e. The van der Waals surface area contributed by atoms with Crippen LogP contribution in [0.3, 0.4) is 0 Å². The Morgan fingerprint density at radius 1 is 0.885 bits per heavy atom. The van der Waals surface area contributed by atoms with Crippen LogP contribution >= 0.6 is 0 Å². The van der Waals surface area contributed by atoms with E-state index >= 15 is 0 Å². The second kappa shape index (κ2) is 6.57. The summed E-state index contributed by atoms with van der Waals surface area (Å²) in [7, 11) is -10.6. The molecule has 2 fully saturated rings. The number of aryl methyl sites for hydroxylation is 2. The Kier molecular flexibility index (Phi) is 5.00. The molecule has 0 N–H and O–H groups in total. The van der Waals surface area contributed by atoms with Gasteiger partial charge in [0.2, 0.25) is 10.0 Å². The standard InChI is InChI=1S/C16H23NO6S3/c1-12-3-4-16(9-13(12)2)26(22,23)17(14-5-7-24(18,19)10-14)15-6-8-25(20,21)11-15/h3-4,9,14-15H,5-8,10-11H2,1-2H3/t14-,15-/m0/s1. The first-order valence-electron chi connectivity index (χ1n) is 8.43. The lowest BCUT2D eigenvalue weighted by molar-refractivity contribution is 0.280. The van der Waals surface area contributed by atoms with Crippen LogP contribution in [0.5, 0.6) is 0 Å². The lowest BCUT2D eigenvalue weighted by Crippen LogP contribution is -2.48. The minimum absolute atomic E-state index is 0.0733. The van der Waals surface area contributed by atoms with Gasteiger partial charge >= 0.3 is 0 Å². The lowest BCUT2D eigenvalue weighted by atomic mass is 10.1. The maximum atomic E-state index is 13.3. The summed E-state index contributed by atoms with van der Waals surface area (Å²) in [6.07, 6.45) is 0.395. The molecule has 1 aromatic carbocycles. The highest BCUT2D eigenvalue weighted by Crippen LogP contribution is 2.32. The van der Waals surface area contributed by atoms with Crippen LogP contribution in [-0.4, -0.2) is 64.7 Å². The van der Waals surface area contributed by atoms with Gasteiger partial charge in [0.05, 0.1) is 27.9 Å². The van der Waals surface area contributed by atoms with Crippen molar-refractivity contribution >= 4 is 29.7 Å². The van der Waals surface area contributed by atoms with Crippen LogP contribution in [0, 0.1) is 13.8 Å². The van der Waals surface area contributed by atoms with Gasteiger partial charge in [0.15, 0.2) is 19.7 Å². The third-order valence-corrected chi connectivity index (χ3v) is 10.7. The highest BCUT2D eigenvalue weighted by atomic mass is 32.2. The molecule has 0 aromatic heterocycles. The quantitative estimate of drug-likeness (QED) is 0.707. The molecule has 0 amide bonds. The highest BCUT2D eigenvalue weighted by Gasteiger charge is 2.46. The van der Waals surface area contributed by atoms with E-state index in [1.165, 1.54) is 10.4 Å². The van der Waals surface area contributed by atoms with Crippen molar-refractivity contribution in [3.8, 4) is 0 Å². The van der Waals surface area contributed by atoms with Crippen molar-refractivity contribution in [2.24, 2.45) is 0 Å². The van der Waals surface area contributed by atoms with Crippen LogP contribution < -0.4 is 0 Å². The second-order valence-electron chi connectivity index (χ2n) is 7.19. The summed E-state index contributed by atoms with van der Waals surface area (Å²) >= 11 is 0. The number of hydrogen-bond acceptors (Lipinski definition) is 6. The molecule has 2 heterocycles. The number of sulfonamides is 1. The maximum Gasteiger partial charge on any atom is 0.243 e. The van der Waals surface area contributed by atoms with E-state index in [9.17, 15) is 25.3 Å². The minimum Gasteiger partial charge on any atom is -0.229 e. The molecule has 2 atom stereocenters. The molecule has 2 aliphatic heterocycles. The lowest BCUT2D eigenvalue weighted by Gasteiger charge is -2.32. The number of sulfone groups is 2. The topological polar surface area (TPSA) is 106 Å². The van der Waals surface area contributed by atoms with Crippen molar-refractivity contribution in [3.05, 3.63) is 29.3 Å². The van der Waals surface area contributed by atoms with E-state index in [-0.39, 0.29) is 40.7 Å². The molecule has 2 aliphatic rings. The summed E-state index contributed by atoms with van der Waals surface area (Å²) in [5.41, 5.74) is 1.76. The Morgan fingerprint density at radius 3 is 1.77 bits per heavy atom. The van der Waals surface area contributed by atoms with Crippen molar-refractivity contribution in [2.75, 3.05) is 23.0 Å². The summed E-state index contributed by atoms with van der Waals surface area (Å²) in [5.74, 6) is -0.659. The second-order valence-corrected chi connectivity index (χ2v) is 13.5. The maximum absolute atomic E-state index is 13.3. The molecule has 26 heavy (non-hydrogen) atoms. The molecule has 0 aliphatic carbocycles. The Balaban J connectivity index is 2.06. The van der Waals surface area contributed by atoms with Gasteiger partial charge in [-0.1, -0.05) is 6.07 Å². The number of nitrogens with zero attached hydrogens (tertiary/aromatic N) is 1. The summed E-state index contributed by atoms with van der Waals surface area (Å²) in [4.78, 5) is 0.0780. The van der Waals surface area contributed by atoms with Crippen molar-refractivity contribution in [3.63, 3.8) is 0 Å². The van der Waals surface area contributed by atoms with Gasteiger partial charge < -0.3 is 0 Å². The van der Waals surface area contributed by atoms with Crippen LogP contribution in [0.25, 0.3) is 0 Å². The van der Waals surface area contributed by atoms with Gasteiger partial charge in [-0.05, 0) is 49.9 Å². The number of rotatable bonds is 4. The fourth-order valence-corrected chi connectivity index (χ4v) is 9.20. The van der Waals surface area contributed by atoms with Crippen LogP contribution in [0.2, 0.25) is 0 Å². The minimum atomic E-state index is -4.00. The van der Waals surface area contributed by atoms with E-state index in [1.54, 1.807) is 19.1 Å². The van der Waals surface area contributed by atoms with Gasteiger partial charge in [-0.25, -0.2) is 25.3 Å². The Hall–Kier alpha value is -0.970. The molecule has 0 unspecified atom stereocenters. The SMILES string of the molecule is Cc1ccc(S(=O)(=O)N([C@H]2CCS(=O)(=O)C2)[C@H]2CCS(=O)(=O)C2)cc1C. The summed E-state index contributed by atoms with van der Waals surface area (Å²) in [6.45, 7) is 3.68. The molecule has 3 rings (SSSR count). The molecule has 146 valence electrons. The summed E-state index contributed by atoms with van der Waals surface area (Å²) in [5, 5.41) is 0. The largest absolute Gasteiger partial charge is 0.243 e. The van der Waals surface area contributed by atoms with Gasteiger partial charge in [-0.15, -0.1) is 0 Å². The van der Waals surface area contributed by atoms with Gasteiger partial charge in [0.1, 0.15) is 0 Å². The first-order chi connectivity index (χ1) is 11.9. The van der Waals surface area contributed by atoms with Crippen molar-refractivity contribution < 1.29 is 25.3 Å². The summed E-state index contributed by atoms with van der Waals surface area (Å²) in [6, 6.07) is 3.33. The zero-order valence-electron chi connectivity index (χ0n) is 14.8. The molecule has 0 saturated carbocycles. The molecular weight excluding hydrogens is 398 g/mol. The van der Waals surface area contributed by atoms with E-state index in [2.05, 4.69) is 0 Å². The van der Waals surface area contributed by atoms with Crippen LogP contribution in [0.1, 0.15) is 24.0 Å². The van der Waals surface area contributed by atoms with Crippen molar-refractivity contribution in [1.82, 2.24) is 4.31 Å². The first-order valence-corrected chi connectivity index (χ1v) is 13.5.